The van der Waals surface area contributed by atoms with Crippen LogP contribution >= 0.6 is 0 Å². The third-order valence-electron chi connectivity index (χ3n) is 3.57. The van der Waals surface area contributed by atoms with Crippen LogP contribution in [-0.4, -0.2) is 24.3 Å². The Kier molecular flexibility index (Phi) is 5.42. The molecule has 0 spiro atoms. The number of hydrogen-bond donors (Lipinski definition) is 0. The number of methoxy groups -OCH3 is 1. The second kappa shape index (κ2) is 7.50. The van der Waals surface area contributed by atoms with E-state index in [4.69, 9.17) is 4.74 Å². The van der Waals surface area contributed by atoms with E-state index in [0.717, 1.165) is 5.69 Å². The van der Waals surface area contributed by atoms with Crippen LogP contribution in [0.25, 0.3) is 5.76 Å². The molecule has 1 aromatic heterocycles. The number of benzene rings is 1. The van der Waals surface area contributed by atoms with Crippen molar-refractivity contribution in [1.29, 1.82) is 0 Å². The Morgan fingerprint density at radius 2 is 1.95 bits per heavy atom. The predicted molar refractivity (Wildman–Crippen MR) is 86.3 cm³/mol. The maximum atomic E-state index is 11.1. The molecule has 0 aliphatic heterocycles. The Balaban J connectivity index is 2.06. The van der Waals surface area contributed by atoms with E-state index in [1.54, 1.807) is 0 Å². The molecule has 22 heavy (non-hydrogen) atoms. The second-order valence-corrected chi connectivity index (χ2v) is 4.99. The van der Waals surface area contributed by atoms with Crippen LogP contribution in [0.5, 0.6) is 0 Å². The highest BCUT2D eigenvalue weighted by Crippen LogP contribution is 2.24. The van der Waals surface area contributed by atoms with E-state index in [-0.39, 0.29) is 25.0 Å². The number of aromatic nitrogens is 1. The molecular weight excluding hydrogens is 278 g/mol. The van der Waals surface area contributed by atoms with Gasteiger partial charge in [-0.25, -0.2) is 0 Å². The fourth-order valence-corrected chi connectivity index (χ4v) is 2.29. The number of hydrogen-bond acceptors (Lipinski definition) is 3. The van der Waals surface area contributed by atoms with Crippen molar-refractivity contribution >= 4 is 11.7 Å². The first-order chi connectivity index (χ1) is 10.6. The number of carbonyl (C=O) groups excluding carboxylic acids is 1. The summed E-state index contributed by atoms with van der Waals surface area (Å²) in [5.74, 6) is 0.262. The van der Waals surface area contributed by atoms with E-state index in [0.29, 0.717) is 5.76 Å². The van der Waals surface area contributed by atoms with Crippen molar-refractivity contribution < 1.29 is 14.3 Å². The topological polar surface area (TPSA) is 40.5 Å². The molecule has 2 aromatic rings. The van der Waals surface area contributed by atoms with E-state index < -0.39 is 0 Å². The SMILES string of the molecule is C=C(OCCC(=O)OC)c1cccn1C(C)c1ccccc1. The highest BCUT2D eigenvalue weighted by atomic mass is 16.5. The Morgan fingerprint density at radius 3 is 2.64 bits per heavy atom. The van der Waals surface area contributed by atoms with Gasteiger partial charge in [-0.05, 0) is 24.6 Å². The minimum atomic E-state index is -0.291. The Labute approximate surface area is 131 Å². The van der Waals surface area contributed by atoms with Gasteiger partial charge in [0.25, 0.3) is 0 Å². The van der Waals surface area contributed by atoms with Gasteiger partial charge in [0.15, 0.2) is 0 Å². The molecule has 0 aliphatic carbocycles. The summed E-state index contributed by atoms with van der Waals surface area (Å²) >= 11 is 0. The minimum absolute atomic E-state index is 0.173. The minimum Gasteiger partial charge on any atom is -0.491 e. The standard InChI is InChI=1S/C18H21NO3/c1-14(16-8-5-4-6-9-16)19-12-7-10-17(19)15(2)22-13-11-18(20)21-3/h4-10,12,14H,2,11,13H2,1,3H3. The van der Waals surface area contributed by atoms with Crippen molar-refractivity contribution in [1.82, 2.24) is 4.57 Å². The number of nitrogens with zero attached hydrogens (tertiary/aromatic N) is 1. The molecule has 0 radical (unpaired) electrons. The quantitative estimate of drug-likeness (QED) is 0.579. The van der Waals surface area contributed by atoms with Gasteiger partial charge in [-0.15, -0.1) is 0 Å². The summed E-state index contributed by atoms with van der Waals surface area (Å²) in [5, 5.41) is 0. The van der Waals surface area contributed by atoms with Gasteiger partial charge < -0.3 is 14.0 Å². The first-order valence-corrected chi connectivity index (χ1v) is 7.24. The van der Waals surface area contributed by atoms with Gasteiger partial charge in [0.05, 0.1) is 31.9 Å². The molecule has 0 aliphatic rings. The van der Waals surface area contributed by atoms with E-state index in [9.17, 15) is 4.79 Å². The summed E-state index contributed by atoms with van der Waals surface area (Å²) in [5.41, 5.74) is 2.11. The smallest absolute Gasteiger partial charge is 0.308 e. The molecule has 4 nitrogen and oxygen atoms in total. The molecule has 0 N–H and O–H groups in total. The molecule has 116 valence electrons. The Bertz CT molecular complexity index is 631. The lowest BCUT2D eigenvalue weighted by Crippen LogP contribution is -2.10. The largest absolute Gasteiger partial charge is 0.491 e. The van der Waals surface area contributed by atoms with Crippen LogP contribution in [0.2, 0.25) is 0 Å². The lowest BCUT2D eigenvalue weighted by molar-refractivity contribution is -0.141. The van der Waals surface area contributed by atoms with Crippen molar-refractivity contribution in [3.63, 3.8) is 0 Å². The molecule has 1 aromatic carbocycles. The van der Waals surface area contributed by atoms with Crippen molar-refractivity contribution in [2.24, 2.45) is 0 Å². The summed E-state index contributed by atoms with van der Waals surface area (Å²) in [6.45, 7) is 6.35. The van der Waals surface area contributed by atoms with Crippen LogP contribution in [0.3, 0.4) is 0 Å². The van der Waals surface area contributed by atoms with Crippen LogP contribution in [0, 0.1) is 0 Å². The average molecular weight is 299 g/mol. The molecule has 1 atom stereocenters. The van der Waals surface area contributed by atoms with E-state index in [1.807, 2.05) is 36.5 Å². The van der Waals surface area contributed by atoms with Crippen LogP contribution in [0.1, 0.15) is 30.6 Å². The molecule has 0 amide bonds. The molecule has 0 saturated carbocycles. The van der Waals surface area contributed by atoms with Gasteiger partial charge in [-0.2, -0.15) is 0 Å². The maximum absolute atomic E-state index is 11.1. The van der Waals surface area contributed by atoms with Gasteiger partial charge in [0.1, 0.15) is 5.76 Å². The normalized spacial score (nSPS) is 11.7. The van der Waals surface area contributed by atoms with Crippen LogP contribution < -0.4 is 0 Å². The number of carbonyl (C=O) groups is 1. The highest BCUT2D eigenvalue weighted by molar-refractivity contribution is 5.69. The number of rotatable bonds is 7. The fraction of sp³-hybridized carbons (Fsp3) is 0.278. The summed E-state index contributed by atoms with van der Waals surface area (Å²) < 4.78 is 12.3. The molecule has 0 bridgehead atoms. The molecular formula is C18H21NO3. The van der Waals surface area contributed by atoms with Gasteiger partial charge in [0, 0.05) is 6.20 Å². The van der Waals surface area contributed by atoms with Crippen molar-refractivity contribution in [2.45, 2.75) is 19.4 Å². The zero-order valence-electron chi connectivity index (χ0n) is 13.0. The summed E-state index contributed by atoms with van der Waals surface area (Å²) in [6.07, 6.45) is 2.21. The molecule has 1 unspecified atom stereocenters. The summed E-state index contributed by atoms with van der Waals surface area (Å²) in [7, 11) is 1.36. The number of esters is 1. The van der Waals surface area contributed by atoms with Crippen molar-refractivity contribution in [2.75, 3.05) is 13.7 Å². The van der Waals surface area contributed by atoms with E-state index in [1.165, 1.54) is 12.7 Å². The van der Waals surface area contributed by atoms with Crippen LogP contribution in [-0.2, 0) is 14.3 Å². The molecule has 0 saturated heterocycles. The van der Waals surface area contributed by atoms with Crippen LogP contribution in [0.15, 0.2) is 55.2 Å². The first kappa shape index (κ1) is 15.9. The summed E-state index contributed by atoms with van der Waals surface area (Å²) in [4.78, 5) is 11.1. The monoisotopic (exact) mass is 299 g/mol. The van der Waals surface area contributed by atoms with Gasteiger partial charge in [-0.3, -0.25) is 4.79 Å². The highest BCUT2D eigenvalue weighted by Gasteiger charge is 2.13. The van der Waals surface area contributed by atoms with Crippen LogP contribution in [0.4, 0.5) is 0 Å². The van der Waals surface area contributed by atoms with Gasteiger partial charge in [0.2, 0.25) is 0 Å². The molecule has 1 heterocycles. The lowest BCUT2D eigenvalue weighted by atomic mass is 10.1. The fourth-order valence-electron chi connectivity index (χ4n) is 2.29. The molecule has 2 rings (SSSR count). The third-order valence-corrected chi connectivity index (χ3v) is 3.57. The molecule has 0 fully saturated rings. The van der Waals surface area contributed by atoms with E-state index >= 15 is 0 Å². The Hall–Kier alpha value is -2.49. The zero-order valence-corrected chi connectivity index (χ0v) is 13.0. The number of ether oxygens (including phenoxy) is 2. The first-order valence-electron chi connectivity index (χ1n) is 7.24. The van der Waals surface area contributed by atoms with E-state index in [2.05, 4.69) is 34.9 Å². The maximum Gasteiger partial charge on any atom is 0.308 e. The van der Waals surface area contributed by atoms with Gasteiger partial charge in [-0.1, -0.05) is 36.9 Å². The van der Waals surface area contributed by atoms with Crippen molar-refractivity contribution in [3.8, 4) is 0 Å². The zero-order chi connectivity index (χ0) is 15.9. The predicted octanol–water partition coefficient (Wildman–Crippen LogP) is 3.65. The lowest BCUT2D eigenvalue weighted by Gasteiger charge is -2.19. The van der Waals surface area contributed by atoms with Crippen molar-refractivity contribution in [3.05, 3.63) is 66.5 Å². The van der Waals surface area contributed by atoms with Gasteiger partial charge >= 0.3 is 5.97 Å². The third kappa shape index (κ3) is 3.79. The second-order valence-electron chi connectivity index (χ2n) is 4.99. The summed E-state index contributed by atoms with van der Waals surface area (Å²) in [6, 6.07) is 14.3. The molecule has 4 heteroatoms. The Morgan fingerprint density at radius 1 is 1.23 bits per heavy atom. The average Bonchev–Trinajstić information content (AvgIpc) is 3.04.